The zero-order chi connectivity index (χ0) is 18.6. The average Bonchev–Trinajstić information content (AvgIpc) is 2.60. The Bertz CT molecular complexity index is 502. The molecule has 0 bridgehead atoms. The third-order valence-corrected chi connectivity index (χ3v) is 3.52. The molecule has 0 radical (unpaired) electrons. The number of unbranched alkanes of at least 4 members (excludes halogenated alkanes) is 2. The van der Waals surface area contributed by atoms with Crippen molar-refractivity contribution < 1.29 is 9.90 Å². The molecule has 25 heavy (non-hydrogen) atoms. The predicted octanol–water partition coefficient (Wildman–Crippen LogP) is 6.94. The van der Waals surface area contributed by atoms with E-state index in [2.05, 4.69) is 67.7 Å². The van der Waals surface area contributed by atoms with Crippen molar-refractivity contribution in [3.63, 3.8) is 0 Å². The third kappa shape index (κ3) is 18.1. The Kier molecular flexibility index (Phi) is 16.7. The van der Waals surface area contributed by atoms with E-state index >= 15 is 0 Å². The summed E-state index contributed by atoms with van der Waals surface area (Å²) in [7, 11) is 0. The average molecular weight is 343 g/mol. The van der Waals surface area contributed by atoms with Gasteiger partial charge in [0.1, 0.15) is 0 Å². The van der Waals surface area contributed by atoms with Crippen LogP contribution in [0.1, 0.15) is 65.2 Å². The van der Waals surface area contributed by atoms with Gasteiger partial charge < -0.3 is 5.11 Å². The molecular weight excluding hydrogens is 308 g/mol. The van der Waals surface area contributed by atoms with Gasteiger partial charge in [-0.2, -0.15) is 0 Å². The summed E-state index contributed by atoms with van der Waals surface area (Å²) >= 11 is 0. The third-order valence-electron chi connectivity index (χ3n) is 3.52. The molecule has 0 fully saturated rings. The molecule has 0 atom stereocenters. The van der Waals surface area contributed by atoms with Crippen molar-refractivity contribution in [1.82, 2.24) is 0 Å². The lowest BCUT2D eigenvalue weighted by molar-refractivity contribution is -0.132. The van der Waals surface area contributed by atoms with Crippen molar-refractivity contribution in [2.24, 2.45) is 0 Å². The molecular formula is C23H34O2. The second-order valence-corrected chi connectivity index (χ2v) is 5.83. The molecule has 0 saturated carbocycles. The molecule has 0 aromatic carbocycles. The fourth-order valence-corrected chi connectivity index (χ4v) is 2.01. The Labute approximate surface area is 154 Å². The zero-order valence-electron chi connectivity index (χ0n) is 15.9. The van der Waals surface area contributed by atoms with Gasteiger partial charge in [-0.15, -0.1) is 0 Å². The summed E-state index contributed by atoms with van der Waals surface area (Å²) in [6.45, 7) is 3.79. The van der Waals surface area contributed by atoms with Crippen molar-refractivity contribution >= 4 is 5.97 Å². The van der Waals surface area contributed by atoms with Gasteiger partial charge in [0.2, 0.25) is 0 Å². The summed E-state index contributed by atoms with van der Waals surface area (Å²) in [5, 5.41) is 8.73. The van der Waals surface area contributed by atoms with Gasteiger partial charge in [0.05, 0.1) is 0 Å². The van der Waals surface area contributed by atoms with Crippen molar-refractivity contribution in [2.45, 2.75) is 65.2 Å². The highest BCUT2D eigenvalue weighted by molar-refractivity contribution is 5.85. The Balaban J connectivity index is 3.56. The molecule has 0 aliphatic rings. The molecule has 0 aromatic rings. The standard InChI is InChI=1S/C23H34O2/c1-3-4-5-6-7-8-9-10-11-12-13-14-15-16-17-18-19-20-21-22(2)23(24)25/h4-5,7-8,10-11,13-14,16-17,21H,3,6,9,12,15,18-20H2,1-2H3,(H,24,25)/b5-4-,8-7-,11-10-,14-13-,17-16-,22-21+. The van der Waals surface area contributed by atoms with E-state index in [1.165, 1.54) is 0 Å². The summed E-state index contributed by atoms with van der Waals surface area (Å²) in [6.07, 6.45) is 31.6. The molecule has 0 saturated heterocycles. The van der Waals surface area contributed by atoms with Crippen LogP contribution in [0.5, 0.6) is 0 Å². The minimum Gasteiger partial charge on any atom is -0.478 e. The normalized spacial score (nSPS) is 13.4. The molecule has 0 spiro atoms. The molecule has 138 valence electrons. The van der Waals surface area contributed by atoms with Crippen LogP contribution in [-0.4, -0.2) is 11.1 Å². The van der Waals surface area contributed by atoms with Crippen molar-refractivity contribution in [1.29, 1.82) is 0 Å². The number of carboxylic acid groups (broad SMARTS) is 1. The largest absolute Gasteiger partial charge is 0.478 e. The van der Waals surface area contributed by atoms with Crippen LogP contribution >= 0.6 is 0 Å². The van der Waals surface area contributed by atoms with Crippen LogP contribution in [-0.2, 0) is 4.79 Å². The minimum atomic E-state index is -0.824. The van der Waals surface area contributed by atoms with Gasteiger partial charge in [0, 0.05) is 5.57 Å². The molecule has 2 nitrogen and oxygen atoms in total. The SMILES string of the molecule is CC/C=C\C/C=C\C/C=C\C/C=C\C/C=C\CCC/C=C(\C)C(=O)O. The molecule has 0 unspecified atom stereocenters. The highest BCUT2D eigenvalue weighted by Crippen LogP contribution is 2.03. The zero-order valence-corrected chi connectivity index (χ0v) is 15.9. The van der Waals surface area contributed by atoms with E-state index in [0.717, 1.165) is 51.4 Å². The number of hydrogen-bond acceptors (Lipinski definition) is 1. The van der Waals surface area contributed by atoms with Gasteiger partial charge in [-0.3, -0.25) is 0 Å². The van der Waals surface area contributed by atoms with Crippen LogP contribution in [0.25, 0.3) is 0 Å². The first-order chi connectivity index (χ1) is 12.2. The van der Waals surface area contributed by atoms with Crippen molar-refractivity contribution in [2.75, 3.05) is 0 Å². The number of hydrogen-bond donors (Lipinski definition) is 1. The monoisotopic (exact) mass is 342 g/mol. The summed E-state index contributed by atoms with van der Waals surface area (Å²) in [5.41, 5.74) is 0.434. The maximum absolute atomic E-state index is 10.6. The Morgan fingerprint density at radius 2 is 1.16 bits per heavy atom. The van der Waals surface area contributed by atoms with Crippen LogP contribution in [0, 0.1) is 0 Å². The number of allylic oxidation sites excluding steroid dienone is 11. The first-order valence-electron chi connectivity index (χ1n) is 9.33. The molecule has 0 rings (SSSR count). The first kappa shape index (κ1) is 22.9. The second kappa shape index (κ2) is 18.3. The van der Waals surface area contributed by atoms with E-state index in [-0.39, 0.29) is 0 Å². The van der Waals surface area contributed by atoms with Gasteiger partial charge in [0.25, 0.3) is 0 Å². The number of rotatable bonds is 14. The lowest BCUT2D eigenvalue weighted by atomic mass is 10.1. The van der Waals surface area contributed by atoms with Crippen LogP contribution in [0.15, 0.2) is 72.4 Å². The molecule has 1 N–H and O–H groups in total. The van der Waals surface area contributed by atoms with Crippen LogP contribution in [0.2, 0.25) is 0 Å². The minimum absolute atomic E-state index is 0.434. The Hall–Kier alpha value is -2.09. The first-order valence-corrected chi connectivity index (χ1v) is 9.33. The fourth-order valence-electron chi connectivity index (χ4n) is 2.01. The molecule has 0 amide bonds. The smallest absolute Gasteiger partial charge is 0.330 e. The Morgan fingerprint density at radius 3 is 1.60 bits per heavy atom. The van der Waals surface area contributed by atoms with Gasteiger partial charge in [-0.05, 0) is 58.3 Å². The van der Waals surface area contributed by atoms with Gasteiger partial charge in [0.15, 0.2) is 0 Å². The van der Waals surface area contributed by atoms with Gasteiger partial charge >= 0.3 is 5.97 Å². The summed E-state index contributed by atoms with van der Waals surface area (Å²) in [4.78, 5) is 10.6. The van der Waals surface area contributed by atoms with Crippen molar-refractivity contribution in [3.05, 3.63) is 72.4 Å². The quantitative estimate of drug-likeness (QED) is 0.211. The highest BCUT2D eigenvalue weighted by atomic mass is 16.4. The van der Waals surface area contributed by atoms with Gasteiger partial charge in [-0.25, -0.2) is 4.79 Å². The summed E-state index contributed by atoms with van der Waals surface area (Å²) < 4.78 is 0. The second-order valence-electron chi connectivity index (χ2n) is 5.83. The van der Waals surface area contributed by atoms with E-state index in [0.29, 0.717) is 5.57 Å². The fraction of sp³-hybridized carbons (Fsp3) is 0.435. The number of aliphatic carboxylic acids is 1. The van der Waals surface area contributed by atoms with Gasteiger partial charge in [-0.1, -0.05) is 73.8 Å². The summed E-state index contributed by atoms with van der Waals surface area (Å²) in [5.74, 6) is -0.824. The van der Waals surface area contributed by atoms with E-state index in [4.69, 9.17) is 5.11 Å². The van der Waals surface area contributed by atoms with Crippen LogP contribution in [0.3, 0.4) is 0 Å². The highest BCUT2D eigenvalue weighted by Gasteiger charge is 1.96. The molecule has 2 heteroatoms. The lowest BCUT2D eigenvalue weighted by Gasteiger charge is -1.93. The lowest BCUT2D eigenvalue weighted by Crippen LogP contribution is -1.95. The van der Waals surface area contributed by atoms with E-state index in [1.54, 1.807) is 13.0 Å². The topological polar surface area (TPSA) is 37.3 Å². The molecule has 0 aromatic heterocycles. The Morgan fingerprint density at radius 1 is 0.720 bits per heavy atom. The van der Waals surface area contributed by atoms with Crippen LogP contribution in [0.4, 0.5) is 0 Å². The van der Waals surface area contributed by atoms with Crippen LogP contribution < -0.4 is 0 Å². The number of carboxylic acids is 1. The van der Waals surface area contributed by atoms with E-state index in [1.807, 2.05) is 0 Å². The predicted molar refractivity (Wildman–Crippen MR) is 110 cm³/mol. The maximum Gasteiger partial charge on any atom is 0.330 e. The molecule has 0 heterocycles. The van der Waals surface area contributed by atoms with E-state index in [9.17, 15) is 4.79 Å². The summed E-state index contributed by atoms with van der Waals surface area (Å²) in [6, 6.07) is 0. The molecule has 0 aliphatic carbocycles. The van der Waals surface area contributed by atoms with Crippen molar-refractivity contribution in [3.8, 4) is 0 Å². The molecule has 0 aliphatic heterocycles. The number of carbonyl (C=O) groups is 1. The maximum atomic E-state index is 10.6. The van der Waals surface area contributed by atoms with E-state index < -0.39 is 5.97 Å².